The highest BCUT2D eigenvalue weighted by molar-refractivity contribution is 5.94. The number of ether oxygens (including phenoxy) is 3. The normalized spacial score (nSPS) is 10.5. The smallest absolute Gasteiger partial charge is 0.270 e. The van der Waals surface area contributed by atoms with Gasteiger partial charge in [-0.3, -0.25) is 4.79 Å². The summed E-state index contributed by atoms with van der Waals surface area (Å²) in [6.07, 6.45) is 0. The maximum absolute atomic E-state index is 12.7. The standard InChI is InChI=1S/C21H23N3O4/c1-26-12-11-22-21(25)19-14-18(23-24(19)15-7-5-4-6-8-15)17-10-9-16(27-2)13-20(17)28-3/h4-10,13-14H,11-12H2,1-3H3,(H,22,25). The van der Waals surface area contributed by atoms with Crippen molar-refractivity contribution in [2.24, 2.45) is 0 Å². The molecule has 0 saturated heterocycles. The van der Waals surface area contributed by atoms with E-state index < -0.39 is 0 Å². The highest BCUT2D eigenvalue weighted by atomic mass is 16.5. The van der Waals surface area contributed by atoms with Crippen molar-refractivity contribution in [3.63, 3.8) is 0 Å². The number of carbonyl (C=O) groups excluding carboxylic acids is 1. The zero-order valence-corrected chi connectivity index (χ0v) is 16.1. The number of carbonyl (C=O) groups is 1. The summed E-state index contributed by atoms with van der Waals surface area (Å²) in [5.41, 5.74) is 2.61. The summed E-state index contributed by atoms with van der Waals surface area (Å²) in [6.45, 7) is 0.848. The number of nitrogens with one attached hydrogen (secondary N) is 1. The quantitative estimate of drug-likeness (QED) is 0.607. The molecule has 0 bridgehead atoms. The number of hydrogen-bond acceptors (Lipinski definition) is 5. The maximum Gasteiger partial charge on any atom is 0.270 e. The second-order valence-corrected chi connectivity index (χ2v) is 5.98. The van der Waals surface area contributed by atoms with Crippen molar-refractivity contribution in [3.05, 3.63) is 60.3 Å². The molecular weight excluding hydrogens is 358 g/mol. The van der Waals surface area contributed by atoms with Crippen LogP contribution >= 0.6 is 0 Å². The van der Waals surface area contributed by atoms with E-state index in [0.29, 0.717) is 36.0 Å². The van der Waals surface area contributed by atoms with Gasteiger partial charge in [0.15, 0.2) is 0 Å². The summed E-state index contributed by atoms with van der Waals surface area (Å²) in [7, 11) is 4.78. The van der Waals surface area contributed by atoms with Crippen LogP contribution in [0, 0.1) is 0 Å². The van der Waals surface area contributed by atoms with Crippen LogP contribution in [0.4, 0.5) is 0 Å². The van der Waals surface area contributed by atoms with Crippen molar-refractivity contribution in [3.8, 4) is 28.4 Å². The average Bonchev–Trinajstić information content (AvgIpc) is 3.19. The Bertz CT molecular complexity index is 938. The van der Waals surface area contributed by atoms with Crippen molar-refractivity contribution in [2.45, 2.75) is 0 Å². The molecule has 2 aromatic carbocycles. The monoisotopic (exact) mass is 381 g/mol. The highest BCUT2D eigenvalue weighted by Crippen LogP contribution is 2.33. The largest absolute Gasteiger partial charge is 0.497 e. The van der Waals surface area contributed by atoms with Crippen LogP contribution in [0.15, 0.2) is 54.6 Å². The molecule has 0 unspecified atom stereocenters. The topological polar surface area (TPSA) is 74.6 Å². The number of rotatable bonds is 8. The molecule has 0 fully saturated rings. The van der Waals surface area contributed by atoms with E-state index in [1.54, 1.807) is 38.1 Å². The summed E-state index contributed by atoms with van der Waals surface area (Å²) < 4.78 is 17.4. The van der Waals surface area contributed by atoms with Gasteiger partial charge in [0.05, 0.1) is 32.2 Å². The number of hydrogen-bond donors (Lipinski definition) is 1. The zero-order chi connectivity index (χ0) is 19.9. The molecule has 1 amide bonds. The molecule has 7 nitrogen and oxygen atoms in total. The number of amides is 1. The van der Waals surface area contributed by atoms with Crippen molar-refractivity contribution in [1.29, 1.82) is 0 Å². The summed E-state index contributed by atoms with van der Waals surface area (Å²) in [6, 6.07) is 16.7. The van der Waals surface area contributed by atoms with Crippen LogP contribution < -0.4 is 14.8 Å². The molecule has 3 aromatic rings. The molecule has 0 aliphatic carbocycles. The molecule has 0 atom stereocenters. The average molecular weight is 381 g/mol. The lowest BCUT2D eigenvalue weighted by atomic mass is 10.1. The fraction of sp³-hybridized carbons (Fsp3) is 0.238. The molecular formula is C21H23N3O4. The fourth-order valence-corrected chi connectivity index (χ4v) is 2.81. The van der Waals surface area contributed by atoms with E-state index in [0.717, 1.165) is 11.3 Å². The summed E-state index contributed by atoms with van der Waals surface area (Å²) in [5, 5.41) is 7.51. The summed E-state index contributed by atoms with van der Waals surface area (Å²) >= 11 is 0. The van der Waals surface area contributed by atoms with E-state index in [2.05, 4.69) is 10.4 Å². The van der Waals surface area contributed by atoms with Gasteiger partial charge in [-0.05, 0) is 30.3 Å². The second-order valence-electron chi connectivity index (χ2n) is 5.98. The van der Waals surface area contributed by atoms with Crippen LogP contribution in [-0.4, -0.2) is 50.2 Å². The lowest BCUT2D eigenvalue weighted by Crippen LogP contribution is -2.28. The van der Waals surface area contributed by atoms with E-state index in [1.807, 2.05) is 42.5 Å². The van der Waals surface area contributed by atoms with Crippen LogP contribution in [0.1, 0.15) is 10.5 Å². The third-order valence-corrected chi connectivity index (χ3v) is 4.22. The predicted octanol–water partition coefficient (Wildman–Crippen LogP) is 2.93. The Labute approximate surface area is 163 Å². The Morgan fingerprint density at radius 3 is 2.50 bits per heavy atom. The number of aromatic nitrogens is 2. The molecule has 0 spiro atoms. The molecule has 146 valence electrons. The number of nitrogens with zero attached hydrogens (tertiary/aromatic N) is 2. The van der Waals surface area contributed by atoms with Crippen LogP contribution in [0.3, 0.4) is 0 Å². The minimum absolute atomic E-state index is 0.230. The molecule has 1 aromatic heterocycles. The Morgan fingerprint density at radius 1 is 1.04 bits per heavy atom. The lowest BCUT2D eigenvalue weighted by molar-refractivity contribution is 0.0929. The molecule has 0 saturated carbocycles. The first kappa shape index (κ1) is 19.4. The van der Waals surface area contributed by atoms with Crippen molar-refractivity contribution in [2.75, 3.05) is 34.5 Å². The molecule has 3 rings (SSSR count). The molecule has 7 heteroatoms. The number of benzene rings is 2. The lowest BCUT2D eigenvalue weighted by Gasteiger charge is -2.08. The van der Waals surface area contributed by atoms with Crippen LogP contribution in [0.5, 0.6) is 11.5 Å². The molecule has 0 aliphatic rings. The zero-order valence-electron chi connectivity index (χ0n) is 16.1. The van der Waals surface area contributed by atoms with E-state index in [4.69, 9.17) is 14.2 Å². The van der Waals surface area contributed by atoms with Gasteiger partial charge in [-0.2, -0.15) is 5.10 Å². The summed E-state index contributed by atoms with van der Waals surface area (Å²) in [4.78, 5) is 12.7. The van der Waals surface area contributed by atoms with Gasteiger partial charge in [0.1, 0.15) is 17.2 Å². The van der Waals surface area contributed by atoms with E-state index in [1.165, 1.54) is 0 Å². The van der Waals surface area contributed by atoms with Gasteiger partial charge in [-0.1, -0.05) is 18.2 Å². The first-order valence-corrected chi connectivity index (χ1v) is 8.83. The third-order valence-electron chi connectivity index (χ3n) is 4.22. The Kier molecular flexibility index (Phi) is 6.29. The van der Waals surface area contributed by atoms with Gasteiger partial charge in [-0.25, -0.2) is 4.68 Å². The van der Waals surface area contributed by atoms with Gasteiger partial charge in [0.2, 0.25) is 0 Å². The van der Waals surface area contributed by atoms with E-state index >= 15 is 0 Å². The number of methoxy groups -OCH3 is 3. The molecule has 1 heterocycles. The first-order chi connectivity index (χ1) is 13.7. The van der Waals surface area contributed by atoms with Gasteiger partial charge >= 0.3 is 0 Å². The first-order valence-electron chi connectivity index (χ1n) is 8.83. The van der Waals surface area contributed by atoms with Gasteiger partial charge in [0.25, 0.3) is 5.91 Å². The minimum atomic E-state index is -0.230. The van der Waals surface area contributed by atoms with Crippen molar-refractivity contribution < 1.29 is 19.0 Å². The van der Waals surface area contributed by atoms with Crippen molar-refractivity contribution >= 4 is 5.91 Å². The van der Waals surface area contributed by atoms with Gasteiger partial charge in [-0.15, -0.1) is 0 Å². The minimum Gasteiger partial charge on any atom is -0.497 e. The van der Waals surface area contributed by atoms with E-state index in [9.17, 15) is 4.79 Å². The molecule has 28 heavy (non-hydrogen) atoms. The van der Waals surface area contributed by atoms with Crippen molar-refractivity contribution in [1.82, 2.24) is 15.1 Å². The Morgan fingerprint density at radius 2 is 1.82 bits per heavy atom. The van der Waals surface area contributed by atoms with E-state index in [-0.39, 0.29) is 5.91 Å². The SMILES string of the molecule is COCCNC(=O)c1cc(-c2ccc(OC)cc2OC)nn1-c1ccccc1. The molecule has 0 radical (unpaired) electrons. The van der Waals surface area contributed by atoms with Crippen LogP contribution in [0.25, 0.3) is 16.9 Å². The predicted molar refractivity (Wildman–Crippen MR) is 106 cm³/mol. The Balaban J connectivity index is 2.05. The maximum atomic E-state index is 12.7. The summed E-state index contributed by atoms with van der Waals surface area (Å²) in [5.74, 6) is 1.07. The van der Waals surface area contributed by atoms with Gasteiger partial charge < -0.3 is 19.5 Å². The second kappa shape index (κ2) is 9.05. The van der Waals surface area contributed by atoms with Gasteiger partial charge in [0, 0.05) is 25.3 Å². The highest BCUT2D eigenvalue weighted by Gasteiger charge is 2.19. The molecule has 0 aliphatic heterocycles. The Hall–Kier alpha value is -3.32. The molecule has 1 N–H and O–H groups in total. The van der Waals surface area contributed by atoms with Crippen LogP contribution in [-0.2, 0) is 4.74 Å². The fourth-order valence-electron chi connectivity index (χ4n) is 2.81. The third kappa shape index (κ3) is 4.15. The number of para-hydroxylation sites is 1. The van der Waals surface area contributed by atoms with Crippen LogP contribution in [0.2, 0.25) is 0 Å².